The molecule has 0 radical (unpaired) electrons. The van der Waals surface area contributed by atoms with E-state index in [9.17, 15) is 0 Å². The Labute approximate surface area is 146 Å². The van der Waals surface area contributed by atoms with Gasteiger partial charge in [0, 0.05) is 18.6 Å². The molecule has 0 aliphatic carbocycles. The molecule has 3 nitrogen and oxygen atoms in total. The molecule has 0 unspecified atom stereocenters. The number of hydrogen-bond acceptors (Lipinski definition) is 3. The largest absolute Gasteiger partial charge is 0.396 e. The van der Waals surface area contributed by atoms with Gasteiger partial charge in [0.15, 0.2) is 0 Å². The average molecular weight is 332 g/mol. The maximum Gasteiger partial charge on any atom is 0.0504 e. The van der Waals surface area contributed by atoms with Gasteiger partial charge in [-0.15, -0.1) is 0 Å². The summed E-state index contributed by atoms with van der Waals surface area (Å²) in [4.78, 5) is 0. The molecule has 0 aliphatic rings. The van der Waals surface area contributed by atoms with E-state index >= 15 is 0 Å². The Morgan fingerprint density at radius 3 is 1.21 bits per heavy atom. The van der Waals surface area contributed by atoms with Gasteiger partial charge in [-0.3, -0.25) is 0 Å². The summed E-state index contributed by atoms with van der Waals surface area (Å²) >= 11 is 0. The highest BCUT2D eigenvalue weighted by molar-refractivity contribution is 5.62. The van der Waals surface area contributed by atoms with E-state index in [4.69, 9.17) is 14.9 Å². The van der Waals surface area contributed by atoms with Crippen molar-refractivity contribution in [1.82, 2.24) is 0 Å². The molecule has 0 aromatic heterocycles. The van der Waals surface area contributed by atoms with Crippen LogP contribution in [0.1, 0.15) is 27.7 Å². The van der Waals surface area contributed by atoms with Crippen molar-refractivity contribution in [3.05, 3.63) is 60.7 Å². The van der Waals surface area contributed by atoms with Crippen LogP contribution < -0.4 is 0 Å². The Hall–Kier alpha value is -1.68. The first-order valence-corrected chi connectivity index (χ1v) is 8.40. The Kier molecular flexibility index (Phi) is 12.8. The molecule has 0 aliphatic heterocycles. The molecule has 0 saturated carbocycles. The first kappa shape index (κ1) is 22.3. The van der Waals surface area contributed by atoms with Gasteiger partial charge in [0.25, 0.3) is 0 Å². The van der Waals surface area contributed by atoms with Crippen LogP contribution in [0, 0.1) is 5.41 Å². The summed E-state index contributed by atoms with van der Waals surface area (Å²) in [6.07, 6.45) is 0. The van der Waals surface area contributed by atoms with Crippen molar-refractivity contribution in [2.45, 2.75) is 27.7 Å². The van der Waals surface area contributed by atoms with E-state index < -0.39 is 0 Å². The summed E-state index contributed by atoms with van der Waals surface area (Å²) in [5.41, 5.74) is 2.25. The molecule has 0 saturated heterocycles. The highest BCUT2D eigenvalue weighted by Gasteiger charge is 2.13. The molecule has 0 bridgehead atoms. The van der Waals surface area contributed by atoms with Crippen LogP contribution in [0.5, 0.6) is 0 Å². The summed E-state index contributed by atoms with van der Waals surface area (Å²) in [7, 11) is 0. The van der Waals surface area contributed by atoms with Crippen molar-refractivity contribution < 1.29 is 14.9 Å². The SMILES string of the molecule is CC(C)(CO)CO.CCOCC.c1ccc(-c2ccccc2)cc1. The van der Waals surface area contributed by atoms with Gasteiger partial charge in [-0.05, 0) is 25.0 Å². The van der Waals surface area contributed by atoms with Crippen LogP contribution in [-0.4, -0.2) is 36.6 Å². The van der Waals surface area contributed by atoms with Crippen LogP contribution in [-0.2, 0) is 4.74 Å². The standard InChI is InChI=1S/C12H10.C5H12O2.C4H10O/c1-3-7-11(8-4-1)12-9-5-2-6-10-12;1-5(2,3-6)4-7;1-3-5-4-2/h1-10H;6-7H,3-4H2,1-2H3;3-4H2,1-2H3. The number of aliphatic hydroxyl groups is 2. The van der Waals surface area contributed by atoms with E-state index in [1.807, 2.05) is 26.0 Å². The first-order valence-electron chi connectivity index (χ1n) is 8.40. The fourth-order valence-corrected chi connectivity index (χ4v) is 1.52. The molecule has 2 rings (SSSR count). The molecular formula is C21H32O3. The van der Waals surface area contributed by atoms with Crippen LogP contribution in [0.2, 0.25) is 0 Å². The zero-order valence-electron chi connectivity index (χ0n) is 15.4. The van der Waals surface area contributed by atoms with Gasteiger partial charge in [0.05, 0.1) is 13.2 Å². The maximum atomic E-state index is 8.43. The highest BCUT2D eigenvalue weighted by atomic mass is 16.5. The van der Waals surface area contributed by atoms with Crippen molar-refractivity contribution in [3.8, 4) is 11.1 Å². The number of benzene rings is 2. The van der Waals surface area contributed by atoms with Gasteiger partial charge >= 0.3 is 0 Å². The van der Waals surface area contributed by atoms with Gasteiger partial charge in [-0.2, -0.15) is 0 Å². The van der Waals surface area contributed by atoms with E-state index in [1.54, 1.807) is 13.8 Å². The van der Waals surface area contributed by atoms with E-state index in [0.717, 1.165) is 13.2 Å². The monoisotopic (exact) mass is 332 g/mol. The van der Waals surface area contributed by atoms with Crippen LogP contribution >= 0.6 is 0 Å². The summed E-state index contributed by atoms with van der Waals surface area (Å²) in [5.74, 6) is 0. The molecule has 0 heterocycles. The molecule has 2 N–H and O–H groups in total. The summed E-state index contributed by atoms with van der Waals surface area (Å²) in [6, 6.07) is 20.8. The fraction of sp³-hybridized carbons (Fsp3) is 0.429. The van der Waals surface area contributed by atoms with Crippen molar-refractivity contribution in [2.24, 2.45) is 5.41 Å². The second-order valence-corrected chi connectivity index (χ2v) is 5.99. The zero-order chi connectivity index (χ0) is 18.3. The van der Waals surface area contributed by atoms with Crippen LogP contribution in [0.25, 0.3) is 11.1 Å². The fourth-order valence-electron chi connectivity index (χ4n) is 1.52. The molecule has 0 spiro atoms. The van der Waals surface area contributed by atoms with E-state index in [1.165, 1.54) is 11.1 Å². The predicted octanol–water partition coefficient (Wildman–Crippen LogP) is 4.39. The second-order valence-electron chi connectivity index (χ2n) is 5.99. The highest BCUT2D eigenvalue weighted by Crippen LogP contribution is 2.17. The minimum Gasteiger partial charge on any atom is -0.396 e. The molecule has 134 valence electrons. The predicted molar refractivity (Wildman–Crippen MR) is 102 cm³/mol. The molecule has 0 atom stereocenters. The third-order valence-electron chi connectivity index (χ3n) is 3.15. The van der Waals surface area contributed by atoms with E-state index in [-0.39, 0.29) is 18.6 Å². The zero-order valence-corrected chi connectivity index (χ0v) is 15.4. The Morgan fingerprint density at radius 2 is 1.04 bits per heavy atom. The van der Waals surface area contributed by atoms with Gasteiger partial charge in [0.1, 0.15) is 0 Å². The molecule has 0 fully saturated rings. The van der Waals surface area contributed by atoms with Gasteiger partial charge in [-0.1, -0.05) is 74.5 Å². The molecule has 0 amide bonds. The smallest absolute Gasteiger partial charge is 0.0504 e. The topological polar surface area (TPSA) is 49.7 Å². The second kappa shape index (κ2) is 13.7. The number of ether oxygens (including phenoxy) is 1. The number of hydrogen-bond donors (Lipinski definition) is 2. The van der Waals surface area contributed by atoms with Crippen LogP contribution in [0.15, 0.2) is 60.7 Å². The Bertz CT molecular complexity index is 450. The van der Waals surface area contributed by atoms with Crippen molar-refractivity contribution in [1.29, 1.82) is 0 Å². The lowest BCUT2D eigenvalue weighted by atomic mass is 9.97. The normalized spacial score (nSPS) is 10.1. The molecule has 24 heavy (non-hydrogen) atoms. The van der Waals surface area contributed by atoms with Crippen LogP contribution in [0.3, 0.4) is 0 Å². The minimum absolute atomic E-state index is 0.0451. The Morgan fingerprint density at radius 1 is 0.708 bits per heavy atom. The first-order chi connectivity index (χ1) is 11.5. The molecule has 2 aromatic carbocycles. The van der Waals surface area contributed by atoms with E-state index in [0.29, 0.717) is 0 Å². The number of aliphatic hydroxyl groups excluding tert-OH is 2. The maximum absolute atomic E-state index is 8.43. The van der Waals surface area contributed by atoms with Crippen molar-refractivity contribution >= 4 is 0 Å². The lowest BCUT2D eigenvalue weighted by Crippen LogP contribution is -2.20. The van der Waals surface area contributed by atoms with Crippen molar-refractivity contribution in [3.63, 3.8) is 0 Å². The molecular weight excluding hydrogens is 300 g/mol. The van der Waals surface area contributed by atoms with Gasteiger partial charge < -0.3 is 14.9 Å². The van der Waals surface area contributed by atoms with Crippen molar-refractivity contribution in [2.75, 3.05) is 26.4 Å². The lowest BCUT2D eigenvalue weighted by molar-refractivity contribution is 0.0857. The summed E-state index contributed by atoms with van der Waals surface area (Å²) in [6.45, 7) is 9.35. The Balaban J connectivity index is 0.000000379. The van der Waals surface area contributed by atoms with Crippen LogP contribution in [0.4, 0.5) is 0 Å². The average Bonchev–Trinajstić information content (AvgIpc) is 2.65. The molecule has 2 aromatic rings. The third-order valence-corrected chi connectivity index (χ3v) is 3.15. The molecule has 3 heteroatoms. The van der Waals surface area contributed by atoms with Gasteiger partial charge in [-0.25, -0.2) is 0 Å². The summed E-state index contributed by atoms with van der Waals surface area (Å²) < 4.78 is 4.83. The summed E-state index contributed by atoms with van der Waals surface area (Å²) in [5, 5.41) is 16.9. The lowest BCUT2D eigenvalue weighted by Gasteiger charge is -2.16. The minimum atomic E-state index is -0.306. The third kappa shape index (κ3) is 10.9. The van der Waals surface area contributed by atoms with E-state index in [2.05, 4.69) is 48.5 Å². The number of rotatable bonds is 5. The van der Waals surface area contributed by atoms with Gasteiger partial charge in [0.2, 0.25) is 0 Å². The quantitative estimate of drug-likeness (QED) is 0.853.